The highest BCUT2D eigenvalue weighted by molar-refractivity contribution is 7.98. The van der Waals surface area contributed by atoms with Gasteiger partial charge in [0.25, 0.3) is 0 Å². The molecule has 0 radical (unpaired) electrons. The van der Waals surface area contributed by atoms with Crippen LogP contribution in [0.4, 0.5) is 8.78 Å². The monoisotopic (exact) mass is 312 g/mol. The zero-order valence-electron chi connectivity index (χ0n) is 10.6. The molecule has 0 saturated heterocycles. The molecule has 110 valence electrons. The molecule has 0 bridgehead atoms. The van der Waals surface area contributed by atoms with Crippen molar-refractivity contribution < 1.29 is 13.2 Å². The molecular formula is C11H10F2N6OS. The smallest absolute Gasteiger partial charge is 0.319 e. The van der Waals surface area contributed by atoms with E-state index >= 15 is 0 Å². The van der Waals surface area contributed by atoms with E-state index < -0.39 is 6.55 Å². The number of aromatic nitrogens is 6. The molecule has 3 heterocycles. The number of rotatable bonds is 6. The Labute approximate surface area is 122 Å². The van der Waals surface area contributed by atoms with Crippen molar-refractivity contribution in [3.05, 3.63) is 42.4 Å². The molecule has 0 aromatic carbocycles. The third-order valence-corrected chi connectivity index (χ3v) is 3.63. The van der Waals surface area contributed by atoms with Crippen molar-refractivity contribution in [2.24, 2.45) is 0 Å². The minimum atomic E-state index is -2.61. The summed E-state index contributed by atoms with van der Waals surface area (Å²) in [4.78, 5) is 3.91. The average Bonchev–Trinajstić information content (AvgIpc) is 3.18. The van der Waals surface area contributed by atoms with Gasteiger partial charge < -0.3 is 4.42 Å². The maximum Gasteiger partial charge on any atom is 0.319 e. The van der Waals surface area contributed by atoms with E-state index in [1.807, 2.05) is 0 Å². The molecule has 0 aliphatic carbocycles. The summed E-state index contributed by atoms with van der Waals surface area (Å²) in [7, 11) is 0. The van der Waals surface area contributed by atoms with Crippen LogP contribution in [0.2, 0.25) is 0 Å². The van der Waals surface area contributed by atoms with Gasteiger partial charge >= 0.3 is 6.55 Å². The minimum absolute atomic E-state index is 0.246. The zero-order valence-corrected chi connectivity index (χ0v) is 11.5. The second-order valence-electron chi connectivity index (χ2n) is 4.02. The molecule has 3 rings (SSSR count). The molecule has 21 heavy (non-hydrogen) atoms. The third kappa shape index (κ3) is 3.10. The van der Waals surface area contributed by atoms with Gasteiger partial charge in [-0.2, -0.15) is 8.78 Å². The van der Waals surface area contributed by atoms with Crippen LogP contribution in [0.25, 0.3) is 0 Å². The number of alkyl halides is 2. The first-order valence-electron chi connectivity index (χ1n) is 5.95. The number of hydrogen-bond acceptors (Lipinski definition) is 6. The second-order valence-corrected chi connectivity index (χ2v) is 4.96. The van der Waals surface area contributed by atoms with Crippen molar-refractivity contribution in [3.8, 4) is 0 Å². The molecule has 0 saturated carbocycles. The summed E-state index contributed by atoms with van der Waals surface area (Å²) in [6.45, 7) is -2.23. The Kier molecular flexibility index (Phi) is 3.95. The number of hydrogen-bond donors (Lipinski definition) is 0. The molecule has 0 aliphatic rings. The van der Waals surface area contributed by atoms with E-state index in [0.29, 0.717) is 17.5 Å². The predicted octanol–water partition coefficient (Wildman–Crippen LogP) is 2.20. The van der Waals surface area contributed by atoms with Crippen molar-refractivity contribution in [3.63, 3.8) is 0 Å². The quantitative estimate of drug-likeness (QED) is 0.650. The van der Waals surface area contributed by atoms with Gasteiger partial charge in [0.15, 0.2) is 0 Å². The van der Waals surface area contributed by atoms with Crippen LogP contribution in [0, 0.1) is 0 Å². The van der Waals surface area contributed by atoms with E-state index in [2.05, 4.69) is 20.5 Å². The fourth-order valence-electron chi connectivity index (χ4n) is 1.71. The van der Waals surface area contributed by atoms with Crippen LogP contribution in [-0.2, 0) is 12.3 Å². The van der Waals surface area contributed by atoms with Crippen molar-refractivity contribution in [2.45, 2.75) is 24.0 Å². The summed E-state index contributed by atoms with van der Waals surface area (Å²) >= 11 is 1.23. The van der Waals surface area contributed by atoms with Crippen LogP contribution < -0.4 is 0 Å². The van der Waals surface area contributed by atoms with Gasteiger partial charge in [0.1, 0.15) is 18.1 Å². The zero-order chi connectivity index (χ0) is 14.7. The summed E-state index contributed by atoms with van der Waals surface area (Å²) < 4.78 is 33.0. The fourth-order valence-corrected chi connectivity index (χ4v) is 2.54. The topological polar surface area (TPSA) is 74.6 Å². The molecule has 0 fully saturated rings. The highest BCUT2D eigenvalue weighted by Crippen LogP contribution is 2.22. The van der Waals surface area contributed by atoms with Gasteiger partial charge in [-0.15, -0.1) is 5.10 Å². The van der Waals surface area contributed by atoms with Crippen LogP contribution in [0.1, 0.15) is 18.1 Å². The van der Waals surface area contributed by atoms with Crippen LogP contribution >= 0.6 is 11.8 Å². The molecule has 0 atom stereocenters. The molecule has 3 aromatic heterocycles. The van der Waals surface area contributed by atoms with Crippen LogP contribution in [0.3, 0.4) is 0 Å². The van der Waals surface area contributed by atoms with E-state index in [1.165, 1.54) is 24.2 Å². The third-order valence-electron chi connectivity index (χ3n) is 2.67. The van der Waals surface area contributed by atoms with Gasteiger partial charge in [0.05, 0.1) is 12.0 Å². The Morgan fingerprint density at radius 1 is 1.38 bits per heavy atom. The Hall–Kier alpha value is -2.23. The Morgan fingerprint density at radius 2 is 2.29 bits per heavy atom. The van der Waals surface area contributed by atoms with E-state index in [1.54, 1.807) is 23.1 Å². The molecule has 10 heteroatoms. The number of furan rings is 1. The maximum absolute atomic E-state index is 12.7. The van der Waals surface area contributed by atoms with Gasteiger partial charge in [-0.05, 0) is 22.6 Å². The van der Waals surface area contributed by atoms with E-state index in [-0.39, 0.29) is 11.6 Å². The molecule has 0 aliphatic heterocycles. The molecule has 0 unspecified atom stereocenters. The second kappa shape index (κ2) is 6.04. The van der Waals surface area contributed by atoms with Gasteiger partial charge in [-0.25, -0.2) is 9.67 Å². The van der Waals surface area contributed by atoms with Crippen molar-refractivity contribution >= 4 is 11.8 Å². The minimum Gasteiger partial charge on any atom is -0.467 e. The molecular weight excluding hydrogens is 302 g/mol. The summed E-state index contributed by atoms with van der Waals surface area (Å²) in [6, 6.07) is 3.57. The van der Waals surface area contributed by atoms with Crippen LogP contribution in [0.5, 0.6) is 0 Å². The Morgan fingerprint density at radius 3 is 3.05 bits per heavy atom. The fraction of sp³-hybridized carbons (Fsp3) is 0.273. The summed E-state index contributed by atoms with van der Waals surface area (Å²) in [5.41, 5.74) is 0. The summed E-state index contributed by atoms with van der Waals surface area (Å²) in [5, 5.41) is 11.8. The Balaban J connectivity index is 1.68. The molecule has 7 nitrogen and oxygen atoms in total. The maximum atomic E-state index is 12.7. The standard InChI is InChI=1S/C11H10F2N6OS/c12-10(13)18-4-3-14-9(18)7-21-11-15-16-17-19(11)6-8-2-1-5-20-8/h1-5,10H,6-7H2. The van der Waals surface area contributed by atoms with E-state index in [4.69, 9.17) is 4.42 Å². The molecule has 3 aromatic rings. The van der Waals surface area contributed by atoms with Gasteiger partial charge in [-0.1, -0.05) is 11.8 Å². The van der Waals surface area contributed by atoms with Crippen molar-refractivity contribution in [1.29, 1.82) is 0 Å². The SMILES string of the molecule is FC(F)n1ccnc1CSc1nnnn1Cc1ccco1. The first kappa shape index (κ1) is 13.7. The lowest BCUT2D eigenvalue weighted by Crippen LogP contribution is -2.05. The lowest BCUT2D eigenvalue weighted by atomic mass is 10.4. The lowest BCUT2D eigenvalue weighted by molar-refractivity contribution is 0.0678. The van der Waals surface area contributed by atoms with Crippen molar-refractivity contribution in [1.82, 2.24) is 29.8 Å². The number of nitrogens with zero attached hydrogens (tertiary/aromatic N) is 6. The highest BCUT2D eigenvalue weighted by Gasteiger charge is 2.14. The predicted molar refractivity (Wildman–Crippen MR) is 68.7 cm³/mol. The molecule has 0 N–H and O–H groups in total. The van der Waals surface area contributed by atoms with Crippen LogP contribution in [0.15, 0.2) is 40.4 Å². The average molecular weight is 312 g/mol. The first-order valence-corrected chi connectivity index (χ1v) is 6.94. The highest BCUT2D eigenvalue weighted by atomic mass is 32.2. The number of tetrazole rings is 1. The first-order chi connectivity index (χ1) is 10.2. The van der Waals surface area contributed by atoms with Gasteiger partial charge in [0.2, 0.25) is 5.16 Å². The number of halogens is 2. The largest absolute Gasteiger partial charge is 0.467 e. The molecule has 0 spiro atoms. The number of thioether (sulfide) groups is 1. The van der Waals surface area contributed by atoms with Crippen LogP contribution in [-0.4, -0.2) is 29.8 Å². The summed E-state index contributed by atoms with van der Waals surface area (Å²) in [6.07, 6.45) is 4.15. The Bertz CT molecular complexity index is 695. The summed E-state index contributed by atoms with van der Waals surface area (Å²) in [5.74, 6) is 1.22. The van der Waals surface area contributed by atoms with Gasteiger partial charge in [-0.3, -0.25) is 4.57 Å². The molecule has 0 amide bonds. The van der Waals surface area contributed by atoms with E-state index in [9.17, 15) is 8.78 Å². The van der Waals surface area contributed by atoms with Crippen molar-refractivity contribution in [2.75, 3.05) is 0 Å². The van der Waals surface area contributed by atoms with Gasteiger partial charge in [0, 0.05) is 12.4 Å². The normalized spacial score (nSPS) is 11.4. The lowest BCUT2D eigenvalue weighted by Gasteiger charge is -2.05. The van der Waals surface area contributed by atoms with E-state index in [0.717, 1.165) is 4.57 Å². The number of imidazole rings is 1.